The van der Waals surface area contributed by atoms with Crippen LogP contribution in [0.2, 0.25) is 0 Å². The van der Waals surface area contributed by atoms with Crippen LogP contribution in [0.15, 0.2) is 48.5 Å². The van der Waals surface area contributed by atoms with Crippen molar-refractivity contribution < 1.29 is 27.1 Å². The molecule has 1 aliphatic rings. The summed E-state index contributed by atoms with van der Waals surface area (Å²) in [6, 6.07) is 12.6. The van der Waals surface area contributed by atoms with Crippen LogP contribution >= 0.6 is 0 Å². The predicted molar refractivity (Wildman–Crippen MR) is 136 cm³/mol. The lowest BCUT2D eigenvalue weighted by molar-refractivity contribution is -0.137. The number of carbonyl (C=O) groups excluding carboxylic acids is 1. The molecule has 3 nitrogen and oxygen atoms in total. The summed E-state index contributed by atoms with van der Waals surface area (Å²) >= 11 is 0. The third-order valence-corrected chi connectivity index (χ3v) is 7.00. The molecule has 1 fully saturated rings. The molecule has 4 rings (SSSR count). The molecule has 196 valence electrons. The van der Waals surface area contributed by atoms with Gasteiger partial charge in [-0.05, 0) is 91.3 Å². The molecule has 0 aromatic heterocycles. The maximum Gasteiger partial charge on any atom is 0.416 e. The lowest BCUT2D eigenvalue weighted by Gasteiger charge is -2.24. The van der Waals surface area contributed by atoms with Crippen molar-refractivity contribution in [1.29, 1.82) is 0 Å². The van der Waals surface area contributed by atoms with Crippen LogP contribution in [0.5, 0.6) is 0 Å². The first-order chi connectivity index (χ1) is 17.3. The number of carbonyl (C=O) groups is 1. The van der Waals surface area contributed by atoms with Gasteiger partial charge in [-0.25, -0.2) is 9.18 Å². The minimum atomic E-state index is -4.50. The van der Waals surface area contributed by atoms with Gasteiger partial charge in [-0.15, -0.1) is 0 Å². The monoisotopic (exact) mass is 513 g/mol. The van der Waals surface area contributed by atoms with Gasteiger partial charge in [0.05, 0.1) is 18.2 Å². The molecule has 37 heavy (non-hydrogen) atoms. The Hall–Kier alpha value is -3.35. The summed E-state index contributed by atoms with van der Waals surface area (Å²) in [5.41, 5.74) is 4.99. The van der Waals surface area contributed by atoms with Crippen LogP contribution in [0.25, 0.3) is 11.1 Å². The zero-order chi connectivity index (χ0) is 27.2. The van der Waals surface area contributed by atoms with Crippen LogP contribution in [0.3, 0.4) is 0 Å². The lowest BCUT2D eigenvalue weighted by atomic mass is 9.90. The quantitative estimate of drug-likeness (QED) is 0.320. The van der Waals surface area contributed by atoms with Crippen LogP contribution in [0.1, 0.15) is 71.7 Å². The number of halogens is 4. The summed E-state index contributed by atoms with van der Waals surface area (Å²) in [5.74, 6) is -0.251. The first-order valence-electron chi connectivity index (χ1n) is 12.3. The average Bonchev–Trinajstić information content (AvgIpc) is 3.07. The van der Waals surface area contributed by atoms with Crippen LogP contribution in [-0.4, -0.2) is 17.0 Å². The molecular weight excluding hydrogens is 482 g/mol. The maximum atomic E-state index is 14.6. The number of nitrogens with zero attached hydrogens (tertiary/aromatic N) is 1. The van der Waals surface area contributed by atoms with Gasteiger partial charge in [-0.1, -0.05) is 49.2 Å². The molecule has 1 amide bonds. The Morgan fingerprint density at radius 3 is 2.30 bits per heavy atom. The van der Waals surface area contributed by atoms with Gasteiger partial charge < -0.3 is 4.74 Å². The molecule has 2 atom stereocenters. The number of rotatable bonds is 5. The maximum absolute atomic E-state index is 14.6. The van der Waals surface area contributed by atoms with Gasteiger partial charge in [0.2, 0.25) is 0 Å². The van der Waals surface area contributed by atoms with Crippen molar-refractivity contribution in [3.05, 3.63) is 93.3 Å². The highest BCUT2D eigenvalue weighted by Crippen LogP contribution is 2.39. The van der Waals surface area contributed by atoms with Crippen molar-refractivity contribution in [2.24, 2.45) is 0 Å². The van der Waals surface area contributed by atoms with Gasteiger partial charge in [0.1, 0.15) is 11.9 Å². The topological polar surface area (TPSA) is 29.5 Å². The van der Waals surface area contributed by atoms with E-state index in [2.05, 4.69) is 0 Å². The second-order valence-corrected chi connectivity index (χ2v) is 10.3. The molecule has 7 heteroatoms. The molecule has 0 radical (unpaired) electrons. The highest BCUT2D eigenvalue weighted by molar-refractivity contribution is 5.74. The number of aryl methyl sites for hydroxylation is 3. The minimum absolute atomic E-state index is 0.00138. The van der Waals surface area contributed by atoms with E-state index in [0.717, 1.165) is 39.9 Å². The highest BCUT2D eigenvalue weighted by Gasteiger charge is 2.41. The summed E-state index contributed by atoms with van der Waals surface area (Å²) < 4.78 is 60.4. The van der Waals surface area contributed by atoms with Crippen molar-refractivity contribution in [3.8, 4) is 11.1 Å². The second-order valence-electron chi connectivity index (χ2n) is 10.3. The fourth-order valence-electron chi connectivity index (χ4n) is 5.02. The Morgan fingerprint density at radius 1 is 0.946 bits per heavy atom. The Balaban J connectivity index is 1.71. The largest absolute Gasteiger partial charge is 0.439 e. The number of amides is 1. The van der Waals surface area contributed by atoms with E-state index in [0.29, 0.717) is 16.7 Å². The summed E-state index contributed by atoms with van der Waals surface area (Å²) in [6.45, 7) is 11.2. The molecule has 0 unspecified atom stereocenters. The molecule has 0 aliphatic carbocycles. The van der Waals surface area contributed by atoms with Gasteiger partial charge in [0, 0.05) is 0 Å². The van der Waals surface area contributed by atoms with Gasteiger partial charge in [0.25, 0.3) is 0 Å². The van der Waals surface area contributed by atoms with Gasteiger partial charge in [-0.2, -0.15) is 13.2 Å². The molecule has 0 bridgehead atoms. The van der Waals surface area contributed by atoms with Gasteiger partial charge in [0.15, 0.2) is 0 Å². The summed E-state index contributed by atoms with van der Waals surface area (Å²) in [4.78, 5) is 14.5. The number of benzene rings is 3. The van der Waals surface area contributed by atoms with E-state index in [9.17, 15) is 22.4 Å². The van der Waals surface area contributed by atoms with E-state index < -0.39 is 30.0 Å². The molecule has 1 aliphatic heterocycles. The van der Waals surface area contributed by atoms with Gasteiger partial charge in [-0.3, -0.25) is 4.90 Å². The molecule has 0 N–H and O–H groups in total. The Morgan fingerprint density at radius 2 is 1.65 bits per heavy atom. The van der Waals surface area contributed by atoms with Crippen molar-refractivity contribution in [3.63, 3.8) is 0 Å². The number of hydrogen-bond acceptors (Lipinski definition) is 2. The Kier molecular flexibility index (Phi) is 7.10. The number of ether oxygens (including phenoxy) is 1. The molecule has 3 aromatic rings. The SMILES string of the molecule is Cc1cc([C@H]2OC(=O)N(Cc3cc(C)ccc3-c3cc(C(C)C)c(F)cc3C)[C@H]2C)cc(C(F)(F)F)c1. The standard InChI is InChI=1S/C30H31F4NO2/c1-16(2)25-14-26(19(5)12-27(25)31)24-8-7-17(3)9-22(24)15-35-20(6)28(37-29(35)36)21-10-18(4)11-23(13-21)30(32,33)34/h7-14,16,20,28H,15H2,1-6H3/t20-,28-/m0/s1. The van der Waals surface area contributed by atoms with Crippen molar-refractivity contribution in [2.75, 3.05) is 0 Å². The van der Waals surface area contributed by atoms with Crippen molar-refractivity contribution in [2.45, 2.75) is 72.3 Å². The van der Waals surface area contributed by atoms with E-state index in [1.165, 1.54) is 6.07 Å². The Bertz CT molecular complexity index is 1350. The first-order valence-corrected chi connectivity index (χ1v) is 12.3. The molecular formula is C30H31F4NO2. The van der Waals surface area contributed by atoms with Crippen LogP contribution < -0.4 is 0 Å². The molecule has 1 heterocycles. The fraction of sp³-hybridized carbons (Fsp3) is 0.367. The average molecular weight is 514 g/mol. The van der Waals surface area contributed by atoms with Crippen LogP contribution in [0, 0.1) is 26.6 Å². The summed E-state index contributed by atoms with van der Waals surface area (Å²) in [6.07, 6.45) is -5.91. The fourth-order valence-corrected chi connectivity index (χ4v) is 5.02. The number of hydrogen-bond donors (Lipinski definition) is 0. The van der Waals surface area contributed by atoms with Crippen LogP contribution in [-0.2, 0) is 17.5 Å². The zero-order valence-electron chi connectivity index (χ0n) is 21.8. The molecule has 0 saturated carbocycles. The molecule has 1 saturated heterocycles. The molecule has 3 aromatic carbocycles. The summed E-state index contributed by atoms with van der Waals surface area (Å²) in [5, 5.41) is 0. The molecule has 0 spiro atoms. The normalized spacial score (nSPS) is 18.0. The summed E-state index contributed by atoms with van der Waals surface area (Å²) in [7, 11) is 0. The van der Waals surface area contributed by atoms with E-state index in [4.69, 9.17) is 4.74 Å². The van der Waals surface area contributed by atoms with Crippen LogP contribution in [0.4, 0.5) is 22.4 Å². The van der Waals surface area contributed by atoms with E-state index in [1.54, 1.807) is 24.8 Å². The third-order valence-electron chi connectivity index (χ3n) is 7.00. The number of cyclic esters (lactones) is 1. The lowest BCUT2D eigenvalue weighted by Crippen LogP contribution is -2.31. The smallest absolute Gasteiger partial charge is 0.416 e. The van der Waals surface area contributed by atoms with E-state index in [1.807, 2.05) is 52.0 Å². The third kappa shape index (κ3) is 5.36. The van der Waals surface area contributed by atoms with Crippen molar-refractivity contribution in [1.82, 2.24) is 4.90 Å². The Labute approximate surface area is 215 Å². The first kappa shape index (κ1) is 26.7. The second kappa shape index (κ2) is 9.84. The number of alkyl halides is 3. The highest BCUT2D eigenvalue weighted by atomic mass is 19.4. The van der Waals surface area contributed by atoms with E-state index in [-0.39, 0.29) is 18.3 Å². The zero-order valence-corrected chi connectivity index (χ0v) is 21.8. The minimum Gasteiger partial charge on any atom is -0.439 e. The van der Waals surface area contributed by atoms with Gasteiger partial charge >= 0.3 is 12.3 Å². The van der Waals surface area contributed by atoms with Crippen molar-refractivity contribution >= 4 is 6.09 Å². The van der Waals surface area contributed by atoms with E-state index >= 15 is 0 Å². The predicted octanol–water partition coefficient (Wildman–Crippen LogP) is 8.64.